The van der Waals surface area contributed by atoms with Crippen LogP contribution in [0.3, 0.4) is 0 Å². The first kappa shape index (κ1) is 13.2. The second-order valence-corrected chi connectivity index (χ2v) is 6.14. The number of thiophene rings is 1. The number of carboxylic acid groups (broad SMARTS) is 1. The van der Waals surface area contributed by atoms with Crippen LogP contribution in [0.4, 0.5) is 0 Å². The number of carbonyl (C=O) groups is 1. The zero-order valence-corrected chi connectivity index (χ0v) is 11.7. The van der Waals surface area contributed by atoms with Crippen molar-refractivity contribution in [2.45, 2.75) is 18.4 Å². The van der Waals surface area contributed by atoms with Crippen molar-refractivity contribution in [1.82, 2.24) is 0 Å². The summed E-state index contributed by atoms with van der Waals surface area (Å²) in [7, 11) is 0. The van der Waals surface area contributed by atoms with Gasteiger partial charge in [0.05, 0.1) is 0 Å². The van der Waals surface area contributed by atoms with E-state index in [0.29, 0.717) is 4.88 Å². The first-order valence-electron chi connectivity index (χ1n) is 5.61. The maximum absolute atomic E-state index is 10.8. The molecule has 1 aromatic carbocycles. The predicted octanol–water partition coefficient (Wildman–Crippen LogP) is 4.19. The highest BCUT2D eigenvalue weighted by Crippen LogP contribution is 2.24. The molecule has 0 saturated carbocycles. The van der Waals surface area contributed by atoms with Gasteiger partial charge in [0.15, 0.2) is 0 Å². The van der Waals surface area contributed by atoms with E-state index in [1.165, 1.54) is 22.5 Å². The first-order chi connectivity index (χ1) is 8.66. The van der Waals surface area contributed by atoms with Gasteiger partial charge in [0.25, 0.3) is 0 Å². The van der Waals surface area contributed by atoms with E-state index in [1.54, 1.807) is 6.07 Å². The van der Waals surface area contributed by atoms with E-state index < -0.39 is 5.97 Å². The van der Waals surface area contributed by atoms with Gasteiger partial charge in [-0.1, -0.05) is 24.3 Å². The van der Waals surface area contributed by atoms with Gasteiger partial charge in [-0.25, -0.2) is 4.79 Å². The molecule has 18 heavy (non-hydrogen) atoms. The molecule has 94 valence electrons. The lowest BCUT2D eigenvalue weighted by Crippen LogP contribution is -1.89. The lowest BCUT2D eigenvalue weighted by molar-refractivity contribution is 0.0702. The Morgan fingerprint density at radius 3 is 2.67 bits per heavy atom. The van der Waals surface area contributed by atoms with Gasteiger partial charge in [0, 0.05) is 16.4 Å². The topological polar surface area (TPSA) is 37.3 Å². The SMILES string of the molecule is Cc1ccccc1CSCc1ccc(C(=O)O)s1. The fourth-order valence-electron chi connectivity index (χ4n) is 1.60. The molecule has 0 atom stereocenters. The zero-order valence-electron chi connectivity index (χ0n) is 10.1. The van der Waals surface area contributed by atoms with E-state index >= 15 is 0 Å². The highest BCUT2D eigenvalue weighted by Gasteiger charge is 2.06. The maximum atomic E-state index is 10.8. The summed E-state index contributed by atoms with van der Waals surface area (Å²) in [4.78, 5) is 12.3. The van der Waals surface area contributed by atoms with Crippen molar-refractivity contribution in [1.29, 1.82) is 0 Å². The molecule has 0 spiro atoms. The third kappa shape index (κ3) is 3.37. The fraction of sp³-hybridized carbons (Fsp3) is 0.214. The minimum Gasteiger partial charge on any atom is -0.477 e. The quantitative estimate of drug-likeness (QED) is 0.891. The van der Waals surface area contributed by atoms with E-state index in [9.17, 15) is 4.79 Å². The van der Waals surface area contributed by atoms with Gasteiger partial charge in [0.1, 0.15) is 4.88 Å². The van der Waals surface area contributed by atoms with Crippen LogP contribution in [0.1, 0.15) is 25.7 Å². The molecule has 0 amide bonds. The molecule has 2 rings (SSSR count). The van der Waals surface area contributed by atoms with Crippen molar-refractivity contribution in [2.75, 3.05) is 0 Å². The van der Waals surface area contributed by atoms with Crippen LogP contribution in [0.2, 0.25) is 0 Å². The second kappa shape index (κ2) is 6.07. The number of rotatable bonds is 5. The number of hydrogen-bond acceptors (Lipinski definition) is 3. The summed E-state index contributed by atoms with van der Waals surface area (Å²) in [6.07, 6.45) is 0. The number of aromatic carboxylic acids is 1. The minimum atomic E-state index is -0.838. The van der Waals surface area contributed by atoms with Gasteiger partial charge in [-0.05, 0) is 30.2 Å². The summed E-state index contributed by atoms with van der Waals surface area (Å²) >= 11 is 3.18. The van der Waals surface area contributed by atoms with Crippen molar-refractivity contribution in [3.63, 3.8) is 0 Å². The molecule has 0 unspecified atom stereocenters. The number of thioether (sulfide) groups is 1. The molecular weight excluding hydrogens is 264 g/mol. The Bertz CT molecular complexity index is 546. The molecule has 1 heterocycles. The first-order valence-corrected chi connectivity index (χ1v) is 7.58. The highest BCUT2D eigenvalue weighted by atomic mass is 32.2. The normalized spacial score (nSPS) is 10.5. The predicted molar refractivity (Wildman–Crippen MR) is 77.5 cm³/mol. The van der Waals surface area contributed by atoms with E-state index in [2.05, 4.69) is 25.1 Å². The van der Waals surface area contributed by atoms with E-state index in [1.807, 2.05) is 23.9 Å². The van der Waals surface area contributed by atoms with Crippen LogP contribution >= 0.6 is 23.1 Å². The maximum Gasteiger partial charge on any atom is 0.345 e. The molecule has 0 saturated heterocycles. The summed E-state index contributed by atoms with van der Waals surface area (Å²) in [6.45, 7) is 2.11. The molecule has 1 N–H and O–H groups in total. The molecule has 0 aliphatic heterocycles. The van der Waals surface area contributed by atoms with Crippen LogP contribution in [0, 0.1) is 6.92 Å². The molecule has 2 nitrogen and oxygen atoms in total. The fourth-order valence-corrected chi connectivity index (χ4v) is 3.67. The molecule has 1 aromatic heterocycles. The van der Waals surface area contributed by atoms with Gasteiger partial charge >= 0.3 is 5.97 Å². The largest absolute Gasteiger partial charge is 0.477 e. The summed E-state index contributed by atoms with van der Waals surface area (Å²) in [5.41, 5.74) is 2.65. The van der Waals surface area contributed by atoms with Crippen molar-refractivity contribution >= 4 is 29.1 Å². The van der Waals surface area contributed by atoms with E-state index in [0.717, 1.165) is 16.4 Å². The average Bonchev–Trinajstić information content (AvgIpc) is 2.80. The van der Waals surface area contributed by atoms with Crippen LogP contribution in [0.25, 0.3) is 0 Å². The van der Waals surface area contributed by atoms with Gasteiger partial charge < -0.3 is 5.11 Å². The number of hydrogen-bond donors (Lipinski definition) is 1. The molecule has 0 radical (unpaired) electrons. The van der Waals surface area contributed by atoms with Crippen molar-refractivity contribution in [3.8, 4) is 0 Å². The second-order valence-electron chi connectivity index (χ2n) is 3.99. The number of carboxylic acids is 1. The Labute approximate surface area is 115 Å². The van der Waals surface area contributed by atoms with E-state index in [-0.39, 0.29) is 0 Å². The minimum absolute atomic E-state index is 0.418. The molecule has 0 fully saturated rings. The third-order valence-electron chi connectivity index (χ3n) is 2.64. The highest BCUT2D eigenvalue weighted by molar-refractivity contribution is 7.97. The summed E-state index contributed by atoms with van der Waals surface area (Å²) in [5.74, 6) is 0.995. The molecular formula is C14H14O2S2. The van der Waals surface area contributed by atoms with Crippen molar-refractivity contribution in [3.05, 3.63) is 57.3 Å². The van der Waals surface area contributed by atoms with Crippen LogP contribution in [0.5, 0.6) is 0 Å². The number of aryl methyl sites for hydroxylation is 1. The van der Waals surface area contributed by atoms with Crippen molar-refractivity contribution in [2.24, 2.45) is 0 Å². The Hall–Kier alpha value is -1.26. The van der Waals surface area contributed by atoms with Gasteiger partial charge in [-0.2, -0.15) is 11.8 Å². The Morgan fingerprint density at radius 1 is 1.22 bits per heavy atom. The molecule has 0 bridgehead atoms. The molecule has 0 aliphatic rings. The molecule has 2 aromatic rings. The third-order valence-corrected chi connectivity index (χ3v) is 4.92. The van der Waals surface area contributed by atoms with Crippen LogP contribution in [-0.2, 0) is 11.5 Å². The lowest BCUT2D eigenvalue weighted by Gasteiger charge is -2.04. The Kier molecular flexibility index (Phi) is 4.44. The zero-order chi connectivity index (χ0) is 13.0. The Balaban J connectivity index is 1.88. The van der Waals surface area contributed by atoms with Crippen molar-refractivity contribution < 1.29 is 9.90 Å². The van der Waals surface area contributed by atoms with Gasteiger partial charge in [-0.15, -0.1) is 11.3 Å². The van der Waals surface area contributed by atoms with Crippen LogP contribution < -0.4 is 0 Å². The monoisotopic (exact) mass is 278 g/mol. The molecule has 4 heteroatoms. The standard InChI is InChI=1S/C14H14O2S2/c1-10-4-2-3-5-11(10)8-17-9-12-6-7-13(18-12)14(15)16/h2-7H,8-9H2,1H3,(H,15,16). The average molecular weight is 278 g/mol. The summed E-state index contributed by atoms with van der Waals surface area (Å²) in [6, 6.07) is 11.9. The number of benzene rings is 1. The van der Waals surface area contributed by atoms with Crippen LogP contribution in [0.15, 0.2) is 36.4 Å². The summed E-state index contributed by atoms with van der Waals surface area (Å²) in [5, 5.41) is 8.84. The molecule has 0 aliphatic carbocycles. The van der Waals surface area contributed by atoms with E-state index in [4.69, 9.17) is 5.11 Å². The smallest absolute Gasteiger partial charge is 0.345 e. The Morgan fingerprint density at radius 2 is 2.00 bits per heavy atom. The summed E-state index contributed by atoms with van der Waals surface area (Å²) < 4.78 is 0. The van der Waals surface area contributed by atoms with Gasteiger partial charge in [-0.3, -0.25) is 0 Å². The van der Waals surface area contributed by atoms with Crippen LogP contribution in [-0.4, -0.2) is 11.1 Å². The van der Waals surface area contributed by atoms with Gasteiger partial charge in [0.2, 0.25) is 0 Å². The lowest BCUT2D eigenvalue weighted by atomic mass is 10.1.